The molecule has 7 nitrogen and oxygen atoms in total. The number of halogens is 1. The SMILES string of the molecule is Cc1ccc(S(=O)(=O)N2CCCCC2)cc1C(=O)N1CCN(c2ccc(Cl)cn2)CC1. The number of piperidine rings is 1. The van der Waals surface area contributed by atoms with E-state index in [1.807, 2.05) is 13.0 Å². The van der Waals surface area contributed by atoms with Gasteiger partial charge in [-0.2, -0.15) is 4.31 Å². The van der Waals surface area contributed by atoms with Crippen LogP contribution < -0.4 is 4.90 Å². The number of amides is 1. The molecule has 0 saturated carbocycles. The Balaban J connectivity index is 1.48. The number of aromatic nitrogens is 1. The number of benzene rings is 1. The Kier molecular flexibility index (Phi) is 6.50. The molecule has 0 bridgehead atoms. The van der Waals surface area contributed by atoms with Crippen LogP contribution in [0.2, 0.25) is 5.02 Å². The molecule has 2 fully saturated rings. The first-order chi connectivity index (χ1) is 14.9. The topological polar surface area (TPSA) is 73.8 Å². The zero-order valence-corrected chi connectivity index (χ0v) is 19.2. The van der Waals surface area contributed by atoms with E-state index in [1.165, 1.54) is 4.31 Å². The van der Waals surface area contributed by atoms with Crippen molar-refractivity contribution in [1.29, 1.82) is 0 Å². The van der Waals surface area contributed by atoms with Gasteiger partial charge in [-0.25, -0.2) is 13.4 Å². The fraction of sp³-hybridized carbons (Fsp3) is 0.455. The van der Waals surface area contributed by atoms with Gasteiger partial charge in [-0.1, -0.05) is 24.1 Å². The number of carbonyl (C=O) groups is 1. The second-order valence-corrected chi connectivity index (χ2v) is 10.4. The first kappa shape index (κ1) is 22.0. The molecule has 0 unspecified atom stereocenters. The van der Waals surface area contributed by atoms with Crippen LogP contribution in [0.3, 0.4) is 0 Å². The third-order valence-corrected chi connectivity index (χ3v) is 8.11. The Morgan fingerprint density at radius 1 is 0.968 bits per heavy atom. The second-order valence-electron chi connectivity index (χ2n) is 8.06. The lowest BCUT2D eigenvalue weighted by molar-refractivity contribution is 0.0745. The molecule has 4 rings (SSSR count). The minimum absolute atomic E-state index is 0.128. The summed E-state index contributed by atoms with van der Waals surface area (Å²) in [5, 5.41) is 0.590. The summed E-state index contributed by atoms with van der Waals surface area (Å²) in [5.74, 6) is 0.708. The van der Waals surface area contributed by atoms with E-state index in [4.69, 9.17) is 11.6 Å². The molecule has 0 N–H and O–H groups in total. The molecule has 0 radical (unpaired) electrons. The Morgan fingerprint density at radius 2 is 1.68 bits per heavy atom. The van der Waals surface area contributed by atoms with Crippen molar-refractivity contribution >= 4 is 33.3 Å². The highest BCUT2D eigenvalue weighted by Gasteiger charge is 2.29. The lowest BCUT2D eigenvalue weighted by atomic mass is 10.1. The number of hydrogen-bond acceptors (Lipinski definition) is 5. The molecule has 0 atom stereocenters. The van der Waals surface area contributed by atoms with Crippen LogP contribution in [0.25, 0.3) is 0 Å². The maximum Gasteiger partial charge on any atom is 0.254 e. The molecule has 2 aromatic rings. The number of sulfonamides is 1. The van der Waals surface area contributed by atoms with Crippen LogP contribution in [0.15, 0.2) is 41.4 Å². The first-order valence-corrected chi connectivity index (χ1v) is 12.4. The van der Waals surface area contributed by atoms with E-state index in [9.17, 15) is 13.2 Å². The van der Waals surface area contributed by atoms with Crippen molar-refractivity contribution in [2.75, 3.05) is 44.2 Å². The van der Waals surface area contributed by atoms with Crippen LogP contribution in [0.5, 0.6) is 0 Å². The first-order valence-electron chi connectivity index (χ1n) is 10.6. The normalized spacial score (nSPS) is 18.3. The van der Waals surface area contributed by atoms with Crippen LogP contribution in [0, 0.1) is 6.92 Å². The number of hydrogen-bond donors (Lipinski definition) is 0. The van der Waals surface area contributed by atoms with Crippen molar-refractivity contribution in [3.8, 4) is 0 Å². The summed E-state index contributed by atoms with van der Waals surface area (Å²) in [7, 11) is -3.58. The Labute approximate surface area is 188 Å². The summed E-state index contributed by atoms with van der Waals surface area (Å²) in [4.78, 5) is 21.7. The maximum atomic E-state index is 13.2. The van der Waals surface area contributed by atoms with Crippen LogP contribution in [0.1, 0.15) is 35.2 Å². The number of rotatable bonds is 4. The third kappa shape index (κ3) is 4.71. The summed E-state index contributed by atoms with van der Waals surface area (Å²) < 4.78 is 27.6. The molecule has 1 aromatic heterocycles. The summed E-state index contributed by atoms with van der Waals surface area (Å²) in [6, 6.07) is 8.57. The van der Waals surface area contributed by atoms with Crippen LogP contribution in [-0.2, 0) is 10.0 Å². The van der Waals surface area contributed by atoms with Gasteiger partial charge in [0.25, 0.3) is 5.91 Å². The number of pyridine rings is 1. The molecule has 166 valence electrons. The van der Waals surface area contributed by atoms with E-state index in [0.717, 1.165) is 30.6 Å². The minimum atomic E-state index is -3.58. The number of anilines is 1. The number of piperazine rings is 1. The Bertz CT molecular complexity index is 1040. The van der Waals surface area contributed by atoms with Gasteiger partial charge < -0.3 is 9.80 Å². The van der Waals surface area contributed by atoms with Crippen LogP contribution >= 0.6 is 11.6 Å². The van der Waals surface area contributed by atoms with Gasteiger partial charge in [-0.3, -0.25) is 4.79 Å². The zero-order chi connectivity index (χ0) is 22.0. The summed E-state index contributed by atoms with van der Waals surface area (Å²) >= 11 is 5.91. The average molecular weight is 463 g/mol. The molecule has 9 heteroatoms. The highest BCUT2D eigenvalue weighted by molar-refractivity contribution is 7.89. The molecule has 31 heavy (non-hydrogen) atoms. The lowest BCUT2D eigenvalue weighted by Gasteiger charge is -2.35. The predicted octanol–water partition coefficient (Wildman–Crippen LogP) is 3.18. The van der Waals surface area contributed by atoms with Gasteiger partial charge in [0.2, 0.25) is 10.0 Å². The lowest BCUT2D eigenvalue weighted by Crippen LogP contribution is -2.49. The molecule has 0 spiro atoms. The van der Waals surface area contributed by atoms with E-state index in [2.05, 4.69) is 9.88 Å². The van der Waals surface area contributed by atoms with Gasteiger partial charge in [0, 0.05) is 51.0 Å². The monoisotopic (exact) mass is 462 g/mol. The van der Waals surface area contributed by atoms with Crippen LogP contribution in [0.4, 0.5) is 5.82 Å². The van der Waals surface area contributed by atoms with Gasteiger partial charge in [-0.15, -0.1) is 0 Å². The molecule has 2 aliphatic rings. The minimum Gasteiger partial charge on any atom is -0.353 e. The van der Waals surface area contributed by atoms with E-state index >= 15 is 0 Å². The predicted molar refractivity (Wildman–Crippen MR) is 121 cm³/mol. The van der Waals surface area contributed by atoms with E-state index in [-0.39, 0.29) is 10.8 Å². The standard InChI is InChI=1S/C22H27ClN4O3S/c1-17-5-7-19(31(29,30)27-9-3-2-4-10-27)15-20(17)22(28)26-13-11-25(12-14-26)21-8-6-18(23)16-24-21/h5-8,15-16H,2-4,9-14H2,1H3. The molecule has 2 aliphatic heterocycles. The molecule has 1 aromatic carbocycles. The second kappa shape index (κ2) is 9.14. The van der Waals surface area contributed by atoms with Gasteiger partial charge in [0.1, 0.15) is 5.82 Å². The van der Waals surface area contributed by atoms with Gasteiger partial charge in [0.05, 0.1) is 9.92 Å². The van der Waals surface area contributed by atoms with Crippen molar-refractivity contribution < 1.29 is 13.2 Å². The summed E-state index contributed by atoms with van der Waals surface area (Å²) in [6.45, 7) is 5.34. The zero-order valence-electron chi connectivity index (χ0n) is 17.6. The molecule has 2 saturated heterocycles. The molecule has 3 heterocycles. The largest absolute Gasteiger partial charge is 0.353 e. The number of aryl methyl sites for hydroxylation is 1. The van der Waals surface area contributed by atoms with Gasteiger partial charge in [-0.05, 0) is 49.6 Å². The number of nitrogens with zero attached hydrogens (tertiary/aromatic N) is 4. The smallest absolute Gasteiger partial charge is 0.254 e. The third-order valence-electron chi connectivity index (χ3n) is 5.99. The van der Waals surface area contributed by atoms with E-state index < -0.39 is 10.0 Å². The van der Waals surface area contributed by atoms with Crippen molar-refractivity contribution in [1.82, 2.24) is 14.2 Å². The quantitative estimate of drug-likeness (QED) is 0.697. The van der Waals surface area contributed by atoms with Crippen molar-refractivity contribution in [2.45, 2.75) is 31.1 Å². The molecular weight excluding hydrogens is 436 g/mol. The van der Waals surface area contributed by atoms with Crippen molar-refractivity contribution in [3.63, 3.8) is 0 Å². The summed E-state index contributed by atoms with van der Waals surface area (Å²) in [6.07, 6.45) is 4.43. The highest BCUT2D eigenvalue weighted by atomic mass is 35.5. The molecule has 1 amide bonds. The van der Waals surface area contributed by atoms with Gasteiger partial charge in [0.15, 0.2) is 0 Å². The van der Waals surface area contributed by atoms with E-state index in [0.29, 0.717) is 49.9 Å². The van der Waals surface area contributed by atoms with Gasteiger partial charge >= 0.3 is 0 Å². The van der Waals surface area contributed by atoms with Crippen molar-refractivity contribution in [2.24, 2.45) is 0 Å². The Morgan fingerprint density at radius 3 is 2.32 bits per heavy atom. The summed E-state index contributed by atoms with van der Waals surface area (Å²) in [5.41, 5.74) is 1.24. The van der Waals surface area contributed by atoms with Crippen LogP contribution in [-0.4, -0.2) is 67.8 Å². The van der Waals surface area contributed by atoms with E-state index in [1.54, 1.807) is 35.4 Å². The van der Waals surface area contributed by atoms with Crippen molar-refractivity contribution in [3.05, 3.63) is 52.7 Å². The molecule has 0 aliphatic carbocycles. The fourth-order valence-electron chi connectivity index (χ4n) is 4.11. The highest BCUT2D eigenvalue weighted by Crippen LogP contribution is 2.24. The molecular formula is C22H27ClN4O3S. The fourth-order valence-corrected chi connectivity index (χ4v) is 5.77. The maximum absolute atomic E-state index is 13.2. The average Bonchev–Trinajstić information content (AvgIpc) is 2.80. The Hall–Kier alpha value is -2.16. The number of carbonyl (C=O) groups excluding carboxylic acids is 1.